The zero-order valence-corrected chi connectivity index (χ0v) is 26.8. The minimum Gasteiger partial charge on any atom is -0.493 e. The highest BCUT2D eigenvalue weighted by molar-refractivity contribution is 5.67. The molecule has 1 aromatic heterocycles. The van der Waals surface area contributed by atoms with Gasteiger partial charge in [0, 0.05) is 25.9 Å². The molecule has 8 nitrogen and oxygen atoms in total. The van der Waals surface area contributed by atoms with Gasteiger partial charge >= 0.3 is 6.09 Å². The number of amides is 1. The number of carbonyl (C=O) groups is 1. The van der Waals surface area contributed by atoms with Gasteiger partial charge in [-0.1, -0.05) is 61.7 Å². The average molecular weight is 593 g/mol. The molecule has 43 heavy (non-hydrogen) atoms. The van der Waals surface area contributed by atoms with Crippen LogP contribution in [0.25, 0.3) is 0 Å². The van der Waals surface area contributed by atoms with Gasteiger partial charge < -0.3 is 28.4 Å². The van der Waals surface area contributed by atoms with Crippen LogP contribution in [0.15, 0.2) is 65.2 Å². The lowest BCUT2D eigenvalue weighted by atomic mass is 9.73. The van der Waals surface area contributed by atoms with Gasteiger partial charge in [0.1, 0.15) is 17.9 Å². The van der Waals surface area contributed by atoms with Crippen molar-refractivity contribution in [3.8, 4) is 5.75 Å². The summed E-state index contributed by atoms with van der Waals surface area (Å²) in [4.78, 5) is 18.4. The summed E-state index contributed by atoms with van der Waals surface area (Å²) in [5.41, 5.74) is 0.124. The van der Waals surface area contributed by atoms with Crippen LogP contribution < -0.4 is 4.74 Å². The number of quaternary nitrogens is 1. The van der Waals surface area contributed by atoms with E-state index in [0.717, 1.165) is 61.3 Å². The number of benzene rings is 2. The second-order valence-electron chi connectivity index (χ2n) is 13.6. The van der Waals surface area contributed by atoms with Gasteiger partial charge in [0.05, 0.1) is 33.4 Å². The van der Waals surface area contributed by atoms with Crippen LogP contribution in [0.3, 0.4) is 0 Å². The molecule has 0 aliphatic heterocycles. The number of ether oxygens (including phenoxy) is 2. The van der Waals surface area contributed by atoms with Crippen LogP contribution in [0.2, 0.25) is 0 Å². The zero-order valence-electron chi connectivity index (χ0n) is 26.8. The molecule has 1 aliphatic rings. The predicted octanol–water partition coefficient (Wildman–Crippen LogP) is 6.90. The maximum absolute atomic E-state index is 12.2. The SMILES string of the molecule is CN(Cc1ccc(OCCC[N+](C)(C)Cc2cnc(C(O)(c3ccccc3)C3CCCCC3)o2)cc1)C(=O)OC(C)(C)C. The van der Waals surface area contributed by atoms with Crippen LogP contribution in [-0.2, 0) is 23.4 Å². The summed E-state index contributed by atoms with van der Waals surface area (Å²) < 4.78 is 18.4. The number of aliphatic hydroxyl groups is 1. The molecule has 4 rings (SSSR count). The molecule has 3 aromatic rings. The molecule has 0 radical (unpaired) electrons. The first-order valence-corrected chi connectivity index (χ1v) is 15.6. The minimum atomic E-state index is -1.22. The molecule has 2 aromatic carbocycles. The first-order valence-electron chi connectivity index (χ1n) is 15.6. The smallest absolute Gasteiger partial charge is 0.410 e. The maximum atomic E-state index is 12.2. The molecule has 1 unspecified atom stereocenters. The largest absolute Gasteiger partial charge is 0.493 e. The molecule has 8 heteroatoms. The summed E-state index contributed by atoms with van der Waals surface area (Å²) in [6, 6.07) is 17.7. The molecule has 1 aliphatic carbocycles. The molecule has 1 heterocycles. The molecule has 1 atom stereocenters. The van der Waals surface area contributed by atoms with Crippen molar-refractivity contribution < 1.29 is 28.3 Å². The highest BCUT2D eigenvalue weighted by Crippen LogP contribution is 2.43. The summed E-state index contributed by atoms with van der Waals surface area (Å²) in [6.07, 6.45) is 7.70. The fourth-order valence-corrected chi connectivity index (χ4v) is 5.86. The Hall–Kier alpha value is -3.36. The molecule has 1 saturated carbocycles. The quantitative estimate of drug-likeness (QED) is 0.182. The molecule has 1 N–H and O–H groups in total. The van der Waals surface area contributed by atoms with Gasteiger partial charge in [-0.05, 0) is 56.9 Å². The topological polar surface area (TPSA) is 85.0 Å². The van der Waals surface area contributed by atoms with E-state index in [1.165, 1.54) is 6.42 Å². The predicted molar refractivity (Wildman–Crippen MR) is 167 cm³/mol. The Morgan fingerprint density at radius 1 is 1.05 bits per heavy atom. The third-order valence-corrected chi connectivity index (χ3v) is 8.10. The second kappa shape index (κ2) is 14.0. The van der Waals surface area contributed by atoms with Gasteiger partial charge in [-0.25, -0.2) is 9.78 Å². The normalized spacial score (nSPS) is 16.0. The van der Waals surface area contributed by atoms with Gasteiger partial charge in [0.25, 0.3) is 0 Å². The first-order chi connectivity index (χ1) is 20.4. The summed E-state index contributed by atoms with van der Waals surface area (Å²) >= 11 is 0. The highest BCUT2D eigenvalue weighted by atomic mass is 16.6. The van der Waals surface area contributed by atoms with Gasteiger partial charge in [-0.15, -0.1) is 0 Å². The van der Waals surface area contributed by atoms with Crippen molar-refractivity contribution in [3.05, 3.63) is 83.6 Å². The Kier molecular flexibility index (Phi) is 10.6. The van der Waals surface area contributed by atoms with E-state index in [1.54, 1.807) is 18.1 Å². The van der Waals surface area contributed by atoms with Crippen LogP contribution in [0, 0.1) is 5.92 Å². The molecule has 0 bridgehead atoms. The number of oxazole rings is 1. The highest BCUT2D eigenvalue weighted by Gasteiger charge is 2.44. The van der Waals surface area contributed by atoms with Gasteiger partial charge in [0.15, 0.2) is 11.4 Å². The summed E-state index contributed by atoms with van der Waals surface area (Å²) in [6.45, 7) is 8.20. The standard InChI is InChI=1S/C35H50N3O5/c1-34(2,3)43-33(39)37(4)25-27-18-20-30(21-19-27)41-23-13-22-38(5,6)26-31-24-36-32(42-31)35(40,28-14-9-7-10-15-28)29-16-11-8-12-17-29/h7,9-10,14-15,18-21,24,29,40H,8,11-13,16-17,22-23,25-26H2,1-6H3/q+1. The van der Waals surface area contributed by atoms with Crippen LogP contribution in [-0.4, -0.2) is 65.5 Å². The van der Waals surface area contributed by atoms with E-state index in [9.17, 15) is 9.90 Å². The second-order valence-corrected chi connectivity index (χ2v) is 13.6. The molecule has 0 spiro atoms. The number of aromatic nitrogens is 1. The van der Waals surface area contributed by atoms with E-state index >= 15 is 0 Å². The lowest BCUT2D eigenvalue weighted by molar-refractivity contribution is -0.904. The molecule has 1 fully saturated rings. The van der Waals surface area contributed by atoms with Crippen LogP contribution >= 0.6 is 0 Å². The van der Waals surface area contributed by atoms with Crippen molar-refractivity contribution in [1.82, 2.24) is 9.88 Å². The van der Waals surface area contributed by atoms with E-state index in [0.29, 0.717) is 30.1 Å². The number of hydrogen-bond acceptors (Lipinski definition) is 6. The van der Waals surface area contributed by atoms with E-state index in [-0.39, 0.29) is 12.0 Å². The van der Waals surface area contributed by atoms with Gasteiger partial charge in [-0.2, -0.15) is 0 Å². The molecular weight excluding hydrogens is 542 g/mol. The molecule has 1 amide bonds. The van der Waals surface area contributed by atoms with Crippen molar-refractivity contribution in [2.24, 2.45) is 5.92 Å². The van der Waals surface area contributed by atoms with Crippen molar-refractivity contribution in [3.63, 3.8) is 0 Å². The van der Waals surface area contributed by atoms with Crippen LogP contribution in [0.1, 0.15) is 82.1 Å². The number of rotatable bonds is 12. The molecule has 234 valence electrons. The molecular formula is C35H50N3O5+. The fraction of sp³-hybridized carbons (Fsp3) is 0.543. The Morgan fingerprint density at radius 3 is 2.37 bits per heavy atom. The average Bonchev–Trinajstić information content (AvgIpc) is 3.44. The summed E-state index contributed by atoms with van der Waals surface area (Å²) in [5.74, 6) is 2.08. The van der Waals surface area contributed by atoms with E-state index < -0.39 is 11.2 Å². The van der Waals surface area contributed by atoms with Crippen LogP contribution in [0.5, 0.6) is 5.75 Å². The Morgan fingerprint density at radius 2 is 1.72 bits per heavy atom. The number of nitrogens with zero attached hydrogens (tertiary/aromatic N) is 3. The Labute approximate surface area is 257 Å². The van der Waals surface area contributed by atoms with Gasteiger partial charge in [-0.3, -0.25) is 0 Å². The van der Waals surface area contributed by atoms with E-state index in [4.69, 9.17) is 13.9 Å². The third kappa shape index (κ3) is 9.07. The van der Waals surface area contributed by atoms with E-state index in [1.807, 2.05) is 75.4 Å². The number of carbonyl (C=O) groups excluding carboxylic acids is 1. The van der Waals surface area contributed by atoms with Gasteiger partial charge in [0.2, 0.25) is 5.89 Å². The molecule has 0 saturated heterocycles. The monoisotopic (exact) mass is 592 g/mol. The van der Waals surface area contributed by atoms with Crippen molar-refractivity contribution >= 4 is 6.09 Å². The summed E-state index contributed by atoms with van der Waals surface area (Å²) in [5, 5.41) is 12.1. The van der Waals surface area contributed by atoms with Crippen molar-refractivity contribution in [1.29, 1.82) is 0 Å². The van der Waals surface area contributed by atoms with Crippen molar-refractivity contribution in [2.45, 2.75) is 83.6 Å². The van der Waals surface area contributed by atoms with Crippen LogP contribution in [0.4, 0.5) is 4.79 Å². The lowest BCUT2D eigenvalue weighted by Gasteiger charge is -2.36. The minimum absolute atomic E-state index is 0.0924. The maximum Gasteiger partial charge on any atom is 0.410 e. The fourth-order valence-electron chi connectivity index (χ4n) is 5.86. The van der Waals surface area contributed by atoms with Crippen molar-refractivity contribution in [2.75, 3.05) is 34.3 Å². The van der Waals surface area contributed by atoms with E-state index in [2.05, 4.69) is 19.1 Å². The number of hydrogen-bond donors (Lipinski definition) is 1. The zero-order chi connectivity index (χ0) is 31.1. The Bertz CT molecular complexity index is 1290. The third-order valence-electron chi connectivity index (χ3n) is 8.10. The first kappa shape index (κ1) is 32.6. The summed E-state index contributed by atoms with van der Waals surface area (Å²) in [7, 11) is 6.07. The Balaban J connectivity index is 1.28. The lowest BCUT2D eigenvalue weighted by Crippen LogP contribution is -2.40.